The number of hydrogen-bond donors (Lipinski definition) is 2. The molecule has 1 aromatic rings. The molecule has 0 saturated carbocycles. The molecule has 1 rings (SSSR count). The largest absolute Gasteiger partial charge is 0.496 e. The number of benzene rings is 1. The maximum Gasteiger partial charge on any atom is 0.145 e. The van der Waals surface area contributed by atoms with Crippen molar-refractivity contribution < 1.29 is 9.47 Å². The summed E-state index contributed by atoms with van der Waals surface area (Å²) in [6.07, 6.45) is 0. The summed E-state index contributed by atoms with van der Waals surface area (Å²) in [4.78, 5) is 0. The lowest BCUT2D eigenvalue weighted by Crippen LogP contribution is -2.28. The molecule has 0 aromatic heterocycles. The van der Waals surface area contributed by atoms with E-state index in [0.29, 0.717) is 6.04 Å². The number of hydrogen-bond acceptors (Lipinski definition) is 4. The van der Waals surface area contributed by atoms with Gasteiger partial charge in [-0.25, -0.2) is 0 Å². The van der Waals surface area contributed by atoms with E-state index in [1.807, 2.05) is 19.9 Å². The van der Waals surface area contributed by atoms with Gasteiger partial charge >= 0.3 is 0 Å². The van der Waals surface area contributed by atoms with E-state index >= 15 is 0 Å². The third kappa shape index (κ3) is 4.03. The highest BCUT2D eigenvalue weighted by Gasteiger charge is 2.13. The van der Waals surface area contributed by atoms with Gasteiger partial charge in [0.05, 0.1) is 19.9 Å². The van der Waals surface area contributed by atoms with Crippen LogP contribution in [-0.2, 0) is 0 Å². The highest BCUT2D eigenvalue weighted by molar-refractivity contribution is 5.66. The molecule has 4 heteroatoms. The van der Waals surface area contributed by atoms with E-state index < -0.39 is 0 Å². The molecule has 0 bridgehead atoms. The Bertz CT molecular complexity index is 417. The minimum absolute atomic E-state index is 0.498. The molecule has 2 N–H and O–H groups in total. The molecule has 0 amide bonds. The molecule has 0 aliphatic heterocycles. The minimum atomic E-state index is 0.498. The lowest BCUT2D eigenvalue weighted by Gasteiger charge is -2.18. The fraction of sp³-hybridized carbons (Fsp3) is 0.600. The monoisotopic (exact) mass is 266 g/mol. The van der Waals surface area contributed by atoms with Crippen LogP contribution in [-0.4, -0.2) is 33.4 Å². The van der Waals surface area contributed by atoms with Crippen molar-refractivity contribution in [2.24, 2.45) is 0 Å². The zero-order valence-corrected chi connectivity index (χ0v) is 12.9. The van der Waals surface area contributed by atoms with E-state index in [1.165, 1.54) is 0 Å². The summed E-state index contributed by atoms with van der Waals surface area (Å²) in [5.74, 6) is 1.78. The summed E-state index contributed by atoms with van der Waals surface area (Å²) < 4.78 is 10.9. The van der Waals surface area contributed by atoms with Gasteiger partial charge in [-0.05, 0) is 25.0 Å². The Hall–Kier alpha value is -1.42. The maximum atomic E-state index is 5.50. The van der Waals surface area contributed by atoms with Crippen LogP contribution in [0, 0.1) is 13.8 Å². The molecule has 0 atom stereocenters. The Morgan fingerprint density at radius 3 is 2.26 bits per heavy atom. The van der Waals surface area contributed by atoms with Crippen molar-refractivity contribution in [3.05, 3.63) is 17.2 Å². The Morgan fingerprint density at radius 2 is 1.74 bits per heavy atom. The van der Waals surface area contributed by atoms with Crippen LogP contribution in [0.3, 0.4) is 0 Å². The van der Waals surface area contributed by atoms with Gasteiger partial charge in [-0.2, -0.15) is 0 Å². The fourth-order valence-electron chi connectivity index (χ4n) is 2.03. The highest BCUT2D eigenvalue weighted by atomic mass is 16.5. The average molecular weight is 266 g/mol. The van der Waals surface area contributed by atoms with Crippen molar-refractivity contribution in [1.29, 1.82) is 0 Å². The predicted octanol–water partition coefficient (Wildman–Crippen LogP) is 2.73. The van der Waals surface area contributed by atoms with Crippen molar-refractivity contribution in [3.63, 3.8) is 0 Å². The summed E-state index contributed by atoms with van der Waals surface area (Å²) in [6.45, 7) is 10.1. The molecular weight excluding hydrogens is 240 g/mol. The zero-order valence-electron chi connectivity index (χ0n) is 12.9. The maximum absolute atomic E-state index is 5.50. The lowest BCUT2D eigenvalue weighted by atomic mass is 10.1. The van der Waals surface area contributed by atoms with Crippen molar-refractivity contribution in [2.45, 2.75) is 33.7 Å². The number of rotatable bonds is 7. The molecule has 1 aromatic carbocycles. The van der Waals surface area contributed by atoms with Crippen molar-refractivity contribution in [2.75, 3.05) is 32.6 Å². The van der Waals surface area contributed by atoms with Crippen LogP contribution in [0.25, 0.3) is 0 Å². The van der Waals surface area contributed by atoms with Gasteiger partial charge in [-0.1, -0.05) is 13.8 Å². The second kappa shape index (κ2) is 7.24. The van der Waals surface area contributed by atoms with E-state index in [1.54, 1.807) is 14.2 Å². The van der Waals surface area contributed by atoms with Gasteiger partial charge in [0.2, 0.25) is 0 Å². The van der Waals surface area contributed by atoms with Gasteiger partial charge in [0, 0.05) is 25.2 Å². The fourth-order valence-corrected chi connectivity index (χ4v) is 2.03. The van der Waals surface area contributed by atoms with Crippen LogP contribution in [0.1, 0.15) is 25.0 Å². The number of ether oxygens (including phenoxy) is 2. The molecule has 0 saturated heterocycles. The molecule has 0 aliphatic carbocycles. The first kappa shape index (κ1) is 15.6. The third-order valence-corrected chi connectivity index (χ3v) is 3.21. The summed E-state index contributed by atoms with van der Waals surface area (Å²) in [5, 5.41) is 6.77. The molecule has 19 heavy (non-hydrogen) atoms. The molecule has 0 unspecified atom stereocenters. The van der Waals surface area contributed by atoms with Gasteiger partial charge in [0.15, 0.2) is 0 Å². The Balaban J connectivity index is 2.84. The Kier molecular flexibility index (Phi) is 5.96. The molecule has 0 heterocycles. The number of anilines is 1. The quantitative estimate of drug-likeness (QED) is 0.745. The van der Waals surface area contributed by atoms with Crippen molar-refractivity contribution >= 4 is 5.69 Å². The van der Waals surface area contributed by atoms with E-state index in [0.717, 1.165) is 41.4 Å². The van der Waals surface area contributed by atoms with Gasteiger partial charge in [0.1, 0.15) is 11.5 Å². The first-order valence-corrected chi connectivity index (χ1v) is 6.70. The van der Waals surface area contributed by atoms with Crippen LogP contribution in [0.15, 0.2) is 6.07 Å². The molecular formula is C15H26N2O2. The van der Waals surface area contributed by atoms with Crippen molar-refractivity contribution in [3.8, 4) is 11.5 Å². The minimum Gasteiger partial charge on any atom is -0.496 e. The van der Waals surface area contributed by atoms with Crippen molar-refractivity contribution in [1.82, 2.24) is 5.32 Å². The smallest absolute Gasteiger partial charge is 0.145 e. The van der Waals surface area contributed by atoms with Crippen LogP contribution < -0.4 is 20.1 Å². The first-order chi connectivity index (χ1) is 9.01. The summed E-state index contributed by atoms with van der Waals surface area (Å²) in [5.41, 5.74) is 3.21. The Labute approximate surface area is 116 Å². The second-order valence-electron chi connectivity index (χ2n) is 4.95. The lowest BCUT2D eigenvalue weighted by molar-refractivity contribution is 0.399. The van der Waals surface area contributed by atoms with E-state index in [9.17, 15) is 0 Å². The molecule has 4 nitrogen and oxygen atoms in total. The summed E-state index contributed by atoms with van der Waals surface area (Å²) in [6, 6.07) is 2.49. The van der Waals surface area contributed by atoms with Crippen LogP contribution >= 0.6 is 0 Å². The second-order valence-corrected chi connectivity index (χ2v) is 4.95. The van der Waals surface area contributed by atoms with Gasteiger partial charge < -0.3 is 20.1 Å². The molecule has 0 aliphatic rings. The normalized spacial score (nSPS) is 10.7. The predicted molar refractivity (Wildman–Crippen MR) is 80.6 cm³/mol. The number of methoxy groups -OCH3 is 2. The molecule has 0 spiro atoms. The third-order valence-electron chi connectivity index (χ3n) is 3.21. The first-order valence-electron chi connectivity index (χ1n) is 6.70. The van der Waals surface area contributed by atoms with E-state index in [4.69, 9.17) is 9.47 Å². The van der Waals surface area contributed by atoms with Gasteiger partial charge in [0.25, 0.3) is 0 Å². The topological polar surface area (TPSA) is 42.5 Å². The molecule has 0 fully saturated rings. The summed E-state index contributed by atoms with van der Waals surface area (Å²) in [7, 11) is 3.39. The van der Waals surface area contributed by atoms with Crippen LogP contribution in [0.5, 0.6) is 11.5 Å². The number of nitrogens with one attached hydrogen (secondary N) is 2. The SMILES string of the molecule is COc1cc(NCCNC(C)C)c(OC)c(C)c1C. The van der Waals surface area contributed by atoms with Gasteiger partial charge in [-0.15, -0.1) is 0 Å². The van der Waals surface area contributed by atoms with E-state index in [2.05, 4.69) is 24.5 Å². The highest BCUT2D eigenvalue weighted by Crippen LogP contribution is 2.36. The molecule has 0 radical (unpaired) electrons. The Morgan fingerprint density at radius 1 is 1.05 bits per heavy atom. The van der Waals surface area contributed by atoms with E-state index in [-0.39, 0.29) is 0 Å². The van der Waals surface area contributed by atoms with Crippen LogP contribution in [0.4, 0.5) is 5.69 Å². The standard InChI is InChI=1S/C15H26N2O2/c1-10(2)16-7-8-17-13-9-14(18-5)11(3)12(4)15(13)19-6/h9-10,16-17H,7-8H2,1-6H3. The molecule has 108 valence electrons. The van der Waals surface area contributed by atoms with Gasteiger partial charge in [-0.3, -0.25) is 0 Å². The summed E-state index contributed by atoms with van der Waals surface area (Å²) >= 11 is 0. The average Bonchev–Trinajstić information content (AvgIpc) is 2.38. The van der Waals surface area contributed by atoms with Crippen LogP contribution in [0.2, 0.25) is 0 Å². The zero-order chi connectivity index (χ0) is 14.4.